The third-order valence-electron chi connectivity index (χ3n) is 3.76. The maximum atomic E-state index is 11.4. The van der Waals surface area contributed by atoms with E-state index in [9.17, 15) is 43.2 Å². The third-order valence-corrected chi connectivity index (χ3v) is 6.50. The number of ether oxygens (including phenoxy) is 1. The van der Waals surface area contributed by atoms with Gasteiger partial charge < -0.3 is 13.3 Å². The maximum absolute atomic E-state index is 11.4. The number of hydrogen-bond acceptors (Lipinski definition) is 5. The molecule has 1 saturated heterocycles. The maximum Gasteiger partial charge on any atom is 0.480 e. The van der Waals surface area contributed by atoms with Gasteiger partial charge in [0.2, 0.25) is 0 Å². The zero-order chi connectivity index (χ0) is 21.6. The molecular formula is C12H22F6N2O5S2. The Morgan fingerprint density at radius 3 is 1.52 bits per heavy atom. The standard InChI is InChI=1S/C10H22NO.C2F6NO4S2/c1-11(9-10-12-2)7-5-3-4-6-8-11;3-1(4,5)14(10,11)9-15(12,13)2(6,7)8/h3-10H2,1-2H3;/q+1;-1. The van der Waals surface area contributed by atoms with Gasteiger partial charge in [0.25, 0.3) is 0 Å². The van der Waals surface area contributed by atoms with Crippen LogP contribution in [0.3, 0.4) is 0 Å². The van der Waals surface area contributed by atoms with Crippen LogP contribution >= 0.6 is 0 Å². The average molecular weight is 452 g/mol. The fourth-order valence-corrected chi connectivity index (χ4v) is 3.91. The summed E-state index contributed by atoms with van der Waals surface area (Å²) in [5.74, 6) is 0. The summed E-state index contributed by atoms with van der Waals surface area (Å²) in [5.41, 5.74) is -12.4. The summed E-state index contributed by atoms with van der Waals surface area (Å²) in [6.07, 6.45) is 5.67. The Morgan fingerprint density at radius 2 is 1.22 bits per heavy atom. The number of rotatable bonds is 5. The van der Waals surface area contributed by atoms with E-state index >= 15 is 0 Å². The number of halogens is 6. The van der Waals surface area contributed by atoms with Gasteiger partial charge in [-0.1, -0.05) is 0 Å². The molecule has 0 aromatic rings. The van der Waals surface area contributed by atoms with Crippen LogP contribution in [0.4, 0.5) is 26.3 Å². The van der Waals surface area contributed by atoms with E-state index in [4.69, 9.17) is 4.74 Å². The highest BCUT2D eigenvalue weighted by Gasteiger charge is 2.46. The summed E-state index contributed by atoms with van der Waals surface area (Å²) >= 11 is 0. The molecule has 15 heteroatoms. The minimum atomic E-state index is -6.72. The molecule has 27 heavy (non-hydrogen) atoms. The average Bonchev–Trinajstić information content (AvgIpc) is 2.68. The third kappa shape index (κ3) is 8.93. The van der Waals surface area contributed by atoms with Gasteiger partial charge in [-0.2, -0.15) is 26.3 Å². The number of hydrogen-bond donors (Lipinski definition) is 0. The van der Waals surface area contributed by atoms with Crippen LogP contribution in [0.2, 0.25) is 0 Å². The second-order valence-corrected chi connectivity index (χ2v) is 9.54. The quantitative estimate of drug-likeness (QED) is 0.473. The predicted molar refractivity (Wildman–Crippen MR) is 84.4 cm³/mol. The molecule has 7 nitrogen and oxygen atoms in total. The largest absolute Gasteiger partial charge is 0.480 e. The minimum Gasteiger partial charge on any atom is -0.421 e. The van der Waals surface area contributed by atoms with Crippen LogP contribution in [0, 0.1) is 0 Å². The lowest BCUT2D eigenvalue weighted by molar-refractivity contribution is -0.909. The Labute approximate surface area is 154 Å². The first-order valence-corrected chi connectivity index (χ1v) is 10.5. The molecule has 0 aliphatic carbocycles. The van der Waals surface area contributed by atoms with E-state index in [0.29, 0.717) is 0 Å². The van der Waals surface area contributed by atoms with Gasteiger partial charge in [-0.15, -0.1) is 0 Å². The van der Waals surface area contributed by atoms with Crippen LogP contribution < -0.4 is 0 Å². The number of nitrogens with zero attached hydrogens (tertiary/aromatic N) is 2. The fourth-order valence-electron chi connectivity index (χ4n) is 2.20. The van der Waals surface area contributed by atoms with Crippen molar-refractivity contribution in [3.05, 3.63) is 4.13 Å². The summed E-state index contributed by atoms with van der Waals surface area (Å²) in [4.78, 5) is 0. The van der Waals surface area contributed by atoms with E-state index in [1.165, 1.54) is 49.8 Å². The van der Waals surface area contributed by atoms with Crippen LogP contribution in [-0.2, 0) is 24.8 Å². The van der Waals surface area contributed by atoms with Gasteiger partial charge in [-0.25, -0.2) is 16.8 Å². The van der Waals surface area contributed by atoms with Crippen molar-refractivity contribution in [2.45, 2.75) is 36.7 Å². The van der Waals surface area contributed by atoms with Gasteiger partial charge in [-0.05, 0) is 25.7 Å². The molecule has 1 aliphatic rings. The molecular weight excluding hydrogens is 430 g/mol. The van der Waals surface area contributed by atoms with E-state index < -0.39 is 31.1 Å². The van der Waals surface area contributed by atoms with Crippen LogP contribution in [0.25, 0.3) is 4.13 Å². The summed E-state index contributed by atoms with van der Waals surface area (Å²) in [6, 6.07) is 0. The second kappa shape index (κ2) is 9.71. The molecule has 1 rings (SSSR count). The summed E-state index contributed by atoms with van der Waals surface area (Å²) in [7, 11) is -9.28. The number of sulfonamides is 2. The number of likely N-dealkylation sites (N-methyl/N-ethyl adjacent to an activating group) is 1. The predicted octanol–water partition coefficient (Wildman–Crippen LogP) is 2.71. The summed E-state index contributed by atoms with van der Waals surface area (Å²) < 4.78 is 116. The molecule has 1 heterocycles. The van der Waals surface area contributed by atoms with Gasteiger partial charge >= 0.3 is 11.0 Å². The topological polar surface area (TPSA) is 91.6 Å². The zero-order valence-corrected chi connectivity index (χ0v) is 16.3. The van der Waals surface area contributed by atoms with Crippen LogP contribution in [0.15, 0.2) is 0 Å². The molecule has 0 radical (unpaired) electrons. The van der Waals surface area contributed by atoms with Crippen molar-refractivity contribution < 1.29 is 52.4 Å². The van der Waals surface area contributed by atoms with Crippen molar-refractivity contribution in [1.29, 1.82) is 0 Å². The SMILES string of the molecule is COCC[N+]1(C)CCCCCC1.O=S(=O)([N-]S(=O)(=O)C(F)(F)F)C(F)(F)F. The van der Waals surface area contributed by atoms with Crippen molar-refractivity contribution in [2.75, 3.05) is 40.4 Å². The van der Waals surface area contributed by atoms with E-state index in [1.54, 1.807) is 7.11 Å². The van der Waals surface area contributed by atoms with Crippen LogP contribution in [-0.4, -0.2) is 72.7 Å². The Balaban J connectivity index is 0.000000511. The smallest absolute Gasteiger partial charge is 0.421 e. The first-order valence-electron chi connectivity index (χ1n) is 7.67. The van der Waals surface area contributed by atoms with Gasteiger partial charge in [0.15, 0.2) is 20.0 Å². The Kier molecular flexibility index (Phi) is 9.48. The molecule has 0 aromatic heterocycles. The summed E-state index contributed by atoms with van der Waals surface area (Å²) in [6.45, 7) is 4.81. The van der Waals surface area contributed by atoms with Crippen LogP contribution in [0.5, 0.6) is 0 Å². The Bertz CT molecular complexity index is 611. The van der Waals surface area contributed by atoms with E-state index in [2.05, 4.69) is 7.05 Å². The zero-order valence-electron chi connectivity index (χ0n) is 14.7. The number of quaternary nitrogens is 1. The number of likely N-dealkylation sites (tertiary alicyclic amines) is 1. The van der Waals surface area contributed by atoms with Crippen molar-refractivity contribution in [3.63, 3.8) is 0 Å². The van der Waals surface area contributed by atoms with Crippen molar-refractivity contribution in [3.8, 4) is 0 Å². The first kappa shape index (κ1) is 26.4. The highest BCUT2D eigenvalue weighted by atomic mass is 32.3. The number of methoxy groups -OCH3 is 1. The van der Waals surface area contributed by atoms with Crippen molar-refractivity contribution in [1.82, 2.24) is 0 Å². The molecule has 1 fully saturated rings. The molecule has 0 spiro atoms. The van der Waals surface area contributed by atoms with Gasteiger partial charge in [0.05, 0.1) is 26.7 Å². The molecule has 0 atom stereocenters. The molecule has 1 aliphatic heterocycles. The summed E-state index contributed by atoms with van der Waals surface area (Å²) in [5, 5.41) is 0. The van der Waals surface area contributed by atoms with Gasteiger partial charge in [0, 0.05) is 7.11 Å². The van der Waals surface area contributed by atoms with E-state index in [1.807, 2.05) is 0 Å². The minimum absolute atomic E-state index is 0.778. The highest BCUT2D eigenvalue weighted by molar-refractivity contribution is 8.13. The molecule has 164 valence electrons. The highest BCUT2D eigenvalue weighted by Crippen LogP contribution is 2.36. The normalized spacial score (nSPS) is 19.0. The molecule has 0 bridgehead atoms. The van der Waals surface area contributed by atoms with Crippen molar-refractivity contribution >= 4 is 20.0 Å². The van der Waals surface area contributed by atoms with Crippen molar-refractivity contribution in [2.24, 2.45) is 0 Å². The first-order chi connectivity index (χ1) is 12.0. The van der Waals surface area contributed by atoms with Gasteiger partial charge in [0.1, 0.15) is 6.54 Å². The monoisotopic (exact) mass is 452 g/mol. The lowest BCUT2D eigenvalue weighted by Crippen LogP contribution is -2.46. The van der Waals surface area contributed by atoms with Gasteiger partial charge in [-0.3, -0.25) is 0 Å². The van der Waals surface area contributed by atoms with E-state index in [-0.39, 0.29) is 0 Å². The fraction of sp³-hybridized carbons (Fsp3) is 1.00. The molecule has 0 unspecified atom stereocenters. The molecule has 0 aromatic carbocycles. The van der Waals surface area contributed by atoms with Crippen LogP contribution in [0.1, 0.15) is 25.7 Å². The molecule has 0 saturated carbocycles. The lowest BCUT2D eigenvalue weighted by Gasteiger charge is -2.33. The lowest BCUT2D eigenvalue weighted by atomic mass is 10.2. The Morgan fingerprint density at radius 1 is 0.852 bits per heavy atom. The van der Waals surface area contributed by atoms with E-state index in [0.717, 1.165) is 10.7 Å². The molecule has 0 amide bonds. The number of alkyl halides is 6. The second-order valence-electron chi connectivity index (χ2n) is 6.11. The molecule has 0 N–H and O–H groups in total. The Hall–Kier alpha value is -0.640.